The zero-order valence-electron chi connectivity index (χ0n) is 24.5. The molecular formula is C32H43N3O6. The summed E-state index contributed by atoms with van der Waals surface area (Å²) in [7, 11) is 1.55. The van der Waals surface area contributed by atoms with Crippen LogP contribution in [0, 0.1) is 29.1 Å². The van der Waals surface area contributed by atoms with E-state index < -0.39 is 30.1 Å². The van der Waals surface area contributed by atoms with Gasteiger partial charge in [-0.2, -0.15) is 0 Å². The average Bonchev–Trinajstić information content (AvgIpc) is 3.24. The van der Waals surface area contributed by atoms with Crippen molar-refractivity contribution in [1.29, 1.82) is 0 Å². The number of carbonyl (C=O) groups is 2. The molecule has 4 fully saturated rings. The van der Waals surface area contributed by atoms with Gasteiger partial charge in [-0.05, 0) is 66.7 Å². The van der Waals surface area contributed by atoms with Crippen LogP contribution in [0.5, 0.6) is 5.75 Å². The number of anilines is 1. The second-order valence-electron chi connectivity index (χ2n) is 13.0. The Balaban J connectivity index is 1.43. The van der Waals surface area contributed by atoms with Gasteiger partial charge in [0.25, 0.3) is 0 Å². The number of nitrogens with two attached hydrogens (primary N) is 1. The number of carboxylic acid groups (broad SMARTS) is 1. The van der Waals surface area contributed by atoms with Gasteiger partial charge in [0.2, 0.25) is 5.91 Å². The number of β-amino-alcohol motifs (C(OH)–C–C–N with tert-alkyl or cyclic N) is 1. The molecule has 3 saturated carbocycles. The Kier molecular flexibility index (Phi) is 7.82. The Bertz CT molecular complexity index is 1330. The molecule has 9 nitrogen and oxygen atoms in total. The van der Waals surface area contributed by atoms with Gasteiger partial charge in [-0.25, -0.2) is 4.79 Å². The SMILES string of the molecule is COc1c(CN2C[C@H](O)[C@@H]([C@H](C)O)[C@H]2C(=O)N[C@H]2C[C@H]3C[C@@H]([C@@H]2C)C3(C)C)cccc1-c1cc(N)cc(C(=O)O)c1. The molecule has 2 aromatic carbocycles. The van der Waals surface area contributed by atoms with Crippen molar-refractivity contribution >= 4 is 17.6 Å². The van der Waals surface area contributed by atoms with Crippen LogP contribution in [0.1, 0.15) is 56.5 Å². The zero-order valence-corrected chi connectivity index (χ0v) is 24.5. The first-order valence-corrected chi connectivity index (χ1v) is 14.5. The van der Waals surface area contributed by atoms with E-state index in [0.717, 1.165) is 12.0 Å². The van der Waals surface area contributed by atoms with E-state index in [1.54, 1.807) is 26.2 Å². The number of fused-ring (bicyclic) bond motifs is 2. The Hall–Kier alpha value is -3.14. The number of hydrogen-bond acceptors (Lipinski definition) is 7. The van der Waals surface area contributed by atoms with Crippen LogP contribution in [0.3, 0.4) is 0 Å². The fourth-order valence-corrected chi connectivity index (χ4v) is 7.95. The highest BCUT2D eigenvalue weighted by molar-refractivity contribution is 5.91. The molecule has 0 spiro atoms. The predicted molar refractivity (Wildman–Crippen MR) is 156 cm³/mol. The topological polar surface area (TPSA) is 145 Å². The summed E-state index contributed by atoms with van der Waals surface area (Å²) in [5.74, 6) is 0.173. The van der Waals surface area contributed by atoms with E-state index in [2.05, 4.69) is 26.1 Å². The maximum Gasteiger partial charge on any atom is 0.335 e. The summed E-state index contributed by atoms with van der Waals surface area (Å²) in [6, 6.07) is 9.58. The van der Waals surface area contributed by atoms with Gasteiger partial charge in [-0.3, -0.25) is 9.69 Å². The number of methoxy groups -OCH3 is 1. The second-order valence-corrected chi connectivity index (χ2v) is 13.0. The molecule has 41 heavy (non-hydrogen) atoms. The van der Waals surface area contributed by atoms with E-state index in [1.807, 2.05) is 23.1 Å². The first-order valence-electron chi connectivity index (χ1n) is 14.5. The van der Waals surface area contributed by atoms with Crippen LogP contribution in [0.4, 0.5) is 5.69 Å². The lowest BCUT2D eigenvalue weighted by Gasteiger charge is -2.62. The highest BCUT2D eigenvalue weighted by atomic mass is 16.5. The summed E-state index contributed by atoms with van der Waals surface area (Å²) in [6.45, 7) is 9.02. The van der Waals surface area contributed by atoms with Gasteiger partial charge in [0.15, 0.2) is 0 Å². The first kappa shape index (κ1) is 29.4. The van der Waals surface area contributed by atoms with Gasteiger partial charge in [0.05, 0.1) is 30.9 Å². The summed E-state index contributed by atoms with van der Waals surface area (Å²) >= 11 is 0. The van der Waals surface area contributed by atoms with Gasteiger partial charge in [-0.1, -0.05) is 39.0 Å². The molecule has 0 unspecified atom stereocenters. The highest BCUT2D eigenvalue weighted by Crippen LogP contribution is 2.61. The van der Waals surface area contributed by atoms with Crippen molar-refractivity contribution in [2.75, 3.05) is 19.4 Å². The molecule has 222 valence electrons. The maximum absolute atomic E-state index is 13.9. The van der Waals surface area contributed by atoms with Crippen molar-refractivity contribution in [1.82, 2.24) is 10.2 Å². The Morgan fingerprint density at radius 3 is 2.56 bits per heavy atom. The highest BCUT2D eigenvalue weighted by Gasteiger charge is 2.57. The van der Waals surface area contributed by atoms with Crippen molar-refractivity contribution in [2.24, 2.45) is 29.1 Å². The molecule has 1 heterocycles. The minimum atomic E-state index is -1.08. The summed E-state index contributed by atoms with van der Waals surface area (Å²) in [5, 5.41) is 34.5. The van der Waals surface area contributed by atoms with Gasteiger partial charge in [-0.15, -0.1) is 0 Å². The lowest BCUT2D eigenvalue weighted by molar-refractivity contribution is -0.139. The number of para-hydroxylation sites is 1. The molecule has 6 N–H and O–H groups in total. The van der Waals surface area contributed by atoms with Crippen molar-refractivity contribution in [2.45, 2.75) is 71.4 Å². The number of benzene rings is 2. The molecule has 4 aliphatic rings. The number of nitrogen functional groups attached to an aromatic ring is 1. The normalized spacial score (nSPS) is 31.2. The molecule has 0 aromatic heterocycles. The summed E-state index contributed by atoms with van der Waals surface area (Å²) in [6.07, 6.45) is 0.404. The number of carbonyl (C=O) groups excluding carboxylic acids is 1. The number of nitrogens with zero attached hydrogens (tertiary/aromatic N) is 1. The molecule has 2 aromatic rings. The van der Waals surface area contributed by atoms with Crippen LogP contribution < -0.4 is 15.8 Å². The molecule has 8 atom stereocenters. The molecule has 0 radical (unpaired) electrons. The monoisotopic (exact) mass is 565 g/mol. The third-order valence-corrected chi connectivity index (χ3v) is 10.3. The number of ether oxygens (including phenoxy) is 1. The lowest BCUT2D eigenvalue weighted by atomic mass is 9.45. The molecular weight excluding hydrogens is 522 g/mol. The average molecular weight is 566 g/mol. The number of aromatic carboxylic acids is 1. The number of amides is 1. The van der Waals surface area contributed by atoms with Crippen molar-refractivity contribution in [3.8, 4) is 16.9 Å². The van der Waals surface area contributed by atoms with Crippen LogP contribution in [-0.2, 0) is 11.3 Å². The number of nitrogens with one attached hydrogen (secondary N) is 1. The van der Waals surface area contributed by atoms with Crippen LogP contribution in [0.15, 0.2) is 36.4 Å². The van der Waals surface area contributed by atoms with Crippen molar-refractivity contribution < 1.29 is 29.6 Å². The maximum atomic E-state index is 13.9. The summed E-state index contributed by atoms with van der Waals surface area (Å²) in [5.41, 5.74) is 8.76. The van der Waals surface area contributed by atoms with E-state index in [9.17, 15) is 24.9 Å². The molecule has 3 aliphatic carbocycles. The largest absolute Gasteiger partial charge is 0.496 e. The fraction of sp³-hybridized carbons (Fsp3) is 0.562. The number of carboxylic acids is 1. The van der Waals surface area contributed by atoms with E-state index in [1.165, 1.54) is 12.5 Å². The van der Waals surface area contributed by atoms with Gasteiger partial charge < -0.3 is 31.1 Å². The Morgan fingerprint density at radius 1 is 1.22 bits per heavy atom. The standard InChI is InChI=1S/C32H43N3O6/c1-16-24-12-21(32(24,3)4)13-25(16)34-30(38)28-27(17(2)36)26(37)15-35(28)14-18-7-6-8-23(29(18)41-5)19-9-20(31(39)40)11-22(33)10-19/h6-11,16-17,21,24-28,36-37H,12-15,33H2,1-5H3,(H,34,38)(H,39,40)/t16-,17-,21+,24-,25-,26-,27+,28-/m0/s1. The fourth-order valence-electron chi connectivity index (χ4n) is 7.95. The van der Waals surface area contributed by atoms with Gasteiger partial charge in [0.1, 0.15) is 5.75 Å². The number of aliphatic hydroxyl groups is 2. The zero-order chi connectivity index (χ0) is 29.8. The summed E-state index contributed by atoms with van der Waals surface area (Å²) < 4.78 is 5.82. The molecule has 1 saturated heterocycles. The molecule has 2 bridgehead atoms. The van der Waals surface area contributed by atoms with E-state index in [-0.39, 0.29) is 24.1 Å². The summed E-state index contributed by atoms with van der Waals surface area (Å²) in [4.78, 5) is 27.5. The number of likely N-dealkylation sites (tertiary alicyclic amines) is 1. The van der Waals surface area contributed by atoms with E-state index >= 15 is 0 Å². The van der Waals surface area contributed by atoms with Crippen LogP contribution in [0.25, 0.3) is 11.1 Å². The molecule has 9 heteroatoms. The van der Waals surface area contributed by atoms with Crippen LogP contribution in [-0.4, -0.2) is 70.0 Å². The Morgan fingerprint density at radius 2 is 1.95 bits per heavy atom. The minimum Gasteiger partial charge on any atom is -0.496 e. The Labute approximate surface area is 241 Å². The number of rotatable bonds is 8. The van der Waals surface area contributed by atoms with Crippen LogP contribution in [0.2, 0.25) is 0 Å². The first-order chi connectivity index (χ1) is 19.3. The number of aliphatic hydroxyl groups excluding tert-OH is 2. The predicted octanol–water partition coefficient (Wildman–Crippen LogP) is 3.37. The van der Waals surface area contributed by atoms with E-state index in [4.69, 9.17) is 10.5 Å². The van der Waals surface area contributed by atoms with E-state index in [0.29, 0.717) is 52.3 Å². The third-order valence-electron chi connectivity index (χ3n) is 10.3. The molecule has 6 rings (SSSR count). The molecule has 1 amide bonds. The number of hydrogen-bond donors (Lipinski definition) is 5. The second kappa shape index (κ2) is 10.9. The quantitative estimate of drug-likeness (QED) is 0.306. The lowest BCUT2D eigenvalue weighted by Crippen LogP contribution is -2.62. The van der Waals surface area contributed by atoms with Gasteiger partial charge >= 0.3 is 5.97 Å². The van der Waals surface area contributed by atoms with Crippen molar-refractivity contribution in [3.05, 3.63) is 47.5 Å². The molecule has 1 aliphatic heterocycles. The smallest absolute Gasteiger partial charge is 0.335 e. The third kappa shape index (κ3) is 5.19. The minimum absolute atomic E-state index is 0.0679. The van der Waals surface area contributed by atoms with Gasteiger partial charge in [0, 0.05) is 41.9 Å². The van der Waals surface area contributed by atoms with Crippen LogP contribution >= 0.6 is 0 Å². The van der Waals surface area contributed by atoms with Crippen molar-refractivity contribution in [3.63, 3.8) is 0 Å².